The van der Waals surface area contributed by atoms with Gasteiger partial charge in [-0.1, -0.05) is 37.6 Å². The van der Waals surface area contributed by atoms with E-state index in [9.17, 15) is 0 Å². The highest BCUT2D eigenvalue weighted by molar-refractivity contribution is 9.10. The second-order valence-electron chi connectivity index (χ2n) is 4.83. The largest absolute Gasteiger partial charge is 0.245 e. The molecule has 1 aromatic carbocycles. The molecule has 1 N–H and O–H groups in total. The fourth-order valence-electron chi connectivity index (χ4n) is 1.86. The maximum atomic E-state index is 4.31. The number of aromatic nitrogens is 2. The van der Waals surface area contributed by atoms with Gasteiger partial charge in [-0.3, -0.25) is 0 Å². The molecule has 0 aliphatic rings. The lowest BCUT2D eigenvalue weighted by molar-refractivity contribution is 0.795. The number of nitrogens with one attached hydrogen (secondary N) is 1. The molecule has 21 heavy (non-hydrogen) atoms. The number of unbranched alkanes of at least 4 members (excludes halogenated alkanes) is 1. The third-order valence-electron chi connectivity index (χ3n) is 3.13. The van der Waals surface area contributed by atoms with Crippen molar-refractivity contribution in [2.24, 2.45) is 5.10 Å². The Labute approximate surface area is 133 Å². The van der Waals surface area contributed by atoms with Gasteiger partial charge in [-0.2, -0.15) is 5.10 Å². The normalized spacial score (nSPS) is 11.5. The van der Waals surface area contributed by atoms with E-state index in [1.165, 1.54) is 18.4 Å². The molecule has 0 radical (unpaired) electrons. The molecule has 2 aromatic rings. The van der Waals surface area contributed by atoms with Crippen molar-refractivity contribution in [1.29, 1.82) is 0 Å². The fourth-order valence-corrected chi connectivity index (χ4v) is 2.07. The third kappa shape index (κ3) is 4.93. The lowest BCUT2D eigenvalue weighted by atomic mass is 10.0. The van der Waals surface area contributed by atoms with Crippen LogP contribution in [-0.4, -0.2) is 15.7 Å². The van der Waals surface area contributed by atoms with Crippen LogP contribution in [0.4, 0.5) is 5.95 Å². The van der Waals surface area contributed by atoms with Crippen molar-refractivity contribution in [3.8, 4) is 0 Å². The van der Waals surface area contributed by atoms with Gasteiger partial charge in [0.1, 0.15) is 0 Å². The number of hydrazone groups is 1. The summed E-state index contributed by atoms with van der Waals surface area (Å²) in [5.74, 6) is 0.483. The summed E-state index contributed by atoms with van der Waals surface area (Å²) in [6.45, 7) is 4.17. The van der Waals surface area contributed by atoms with Gasteiger partial charge in [0.25, 0.3) is 0 Å². The van der Waals surface area contributed by atoms with Gasteiger partial charge in [-0.05, 0) is 46.8 Å². The SMILES string of the molecule is CCCCc1ccc(/C(C)=N\Nc2ncc(Br)cn2)cc1. The molecule has 110 valence electrons. The summed E-state index contributed by atoms with van der Waals surface area (Å²) in [6, 6.07) is 8.54. The summed E-state index contributed by atoms with van der Waals surface area (Å²) in [4.78, 5) is 8.23. The average molecular weight is 347 g/mol. The monoisotopic (exact) mass is 346 g/mol. The van der Waals surface area contributed by atoms with E-state index >= 15 is 0 Å². The molecule has 2 rings (SSSR count). The van der Waals surface area contributed by atoms with E-state index in [2.05, 4.69) is 67.6 Å². The Balaban J connectivity index is 1.99. The summed E-state index contributed by atoms with van der Waals surface area (Å²) in [6.07, 6.45) is 6.96. The topological polar surface area (TPSA) is 50.2 Å². The first-order valence-electron chi connectivity index (χ1n) is 7.06. The van der Waals surface area contributed by atoms with Crippen LogP contribution in [0.15, 0.2) is 46.2 Å². The van der Waals surface area contributed by atoms with Gasteiger partial charge in [-0.25, -0.2) is 15.4 Å². The van der Waals surface area contributed by atoms with Crippen molar-refractivity contribution in [3.05, 3.63) is 52.3 Å². The highest BCUT2D eigenvalue weighted by Crippen LogP contribution is 2.10. The quantitative estimate of drug-likeness (QED) is 0.622. The molecule has 1 heterocycles. The zero-order valence-corrected chi connectivity index (χ0v) is 13.9. The van der Waals surface area contributed by atoms with Gasteiger partial charge >= 0.3 is 0 Å². The minimum absolute atomic E-state index is 0.483. The lowest BCUT2D eigenvalue weighted by Gasteiger charge is -2.04. The first-order chi connectivity index (χ1) is 10.2. The summed E-state index contributed by atoms with van der Waals surface area (Å²) >= 11 is 3.30. The highest BCUT2D eigenvalue weighted by Gasteiger charge is 1.99. The van der Waals surface area contributed by atoms with Crippen LogP contribution in [0.2, 0.25) is 0 Å². The Morgan fingerprint density at radius 1 is 1.19 bits per heavy atom. The van der Waals surface area contributed by atoms with Gasteiger partial charge in [0.15, 0.2) is 0 Å². The number of nitrogens with zero attached hydrogens (tertiary/aromatic N) is 3. The van der Waals surface area contributed by atoms with Gasteiger partial charge < -0.3 is 0 Å². The number of benzene rings is 1. The molecule has 0 aliphatic carbocycles. The fraction of sp³-hybridized carbons (Fsp3) is 0.312. The summed E-state index contributed by atoms with van der Waals surface area (Å²) < 4.78 is 0.844. The minimum atomic E-state index is 0.483. The molecule has 0 aliphatic heterocycles. The van der Waals surface area contributed by atoms with Crippen LogP contribution in [0.5, 0.6) is 0 Å². The Morgan fingerprint density at radius 3 is 2.48 bits per heavy atom. The molecule has 5 heteroatoms. The maximum absolute atomic E-state index is 4.31. The molecule has 0 saturated carbocycles. The number of hydrogen-bond acceptors (Lipinski definition) is 4. The smallest absolute Gasteiger partial charge is 0.243 e. The van der Waals surface area contributed by atoms with Gasteiger partial charge in [0.05, 0.1) is 10.2 Å². The molecule has 0 bridgehead atoms. The first-order valence-corrected chi connectivity index (χ1v) is 7.85. The second-order valence-corrected chi connectivity index (χ2v) is 5.75. The van der Waals surface area contributed by atoms with E-state index in [0.717, 1.165) is 22.2 Å². The highest BCUT2D eigenvalue weighted by atomic mass is 79.9. The third-order valence-corrected chi connectivity index (χ3v) is 3.54. The molecule has 0 unspecified atom stereocenters. The average Bonchev–Trinajstić information content (AvgIpc) is 2.52. The van der Waals surface area contributed by atoms with E-state index in [0.29, 0.717) is 5.95 Å². The van der Waals surface area contributed by atoms with Crippen molar-refractivity contribution in [1.82, 2.24) is 9.97 Å². The lowest BCUT2D eigenvalue weighted by Crippen LogP contribution is -2.02. The van der Waals surface area contributed by atoms with E-state index in [4.69, 9.17) is 0 Å². The van der Waals surface area contributed by atoms with Crippen molar-refractivity contribution in [2.45, 2.75) is 33.1 Å². The van der Waals surface area contributed by atoms with Crippen molar-refractivity contribution in [2.75, 3.05) is 5.43 Å². The first kappa shape index (κ1) is 15.6. The maximum Gasteiger partial charge on any atom is 0.243 e. The zero-order chi connectivity index (χ0) is 15.1. The van der Waals surface area contributed by atoms with Crippen LogP contribution >= 0.6 is 15.9 Å². The van der Waals surface area contributed by atoms with Crippen molar-refractivity contribution in [3.63, 3.8) is 0 Å². The minimum Gasteiger partial charge on any atom is -0.245 e. The van der Waals surface area contributed by atoms with Crippen molar-refractivity contribution >= 4 is 27.6 Å². The number of halogens is 1. The van der Waals surface area contributed by atoms with Crippen LogP contribution in [-0.2, 0) is 6.42 Å². The van der Waals surface area contributed by atoms with E-state index < -0.39 is 0 Å². The number of rotatable bonds is 6. The molecular formula is C16H19BrN4. The summed E-state index contributed by atoms with van der Waals surface area (Å²) in [7, 11) is 0. The van der Waals surface area contributed by atoms with Crippen molar-refractivity contribution < 1.29 is 0 Å². The second kappa shape index (κ2) is 7.88. The molecule has 0 saturated heterocycles. The van der Waals surface area contributed by atoms with Gasteiger partial charge in [0.2, 0.25) is 5.95 Å². The van der Waals surface area contributed by atoms with E-state index in [1.807, 2.05) is 6.92 Å². The summed E-state index contributed by atoms with van der Waals surface area (Å²) in [5, 5.41) is 4.31. The number of aryl methyl sites for hydroxylation is 1. The number of hydrogen-bond donors (Lipinski definition) is 1. The Morgan fingerprint density at radius 2 is 1.86 bits per heavy atom. The Hall–Kier alpha value is -1.75. The van der Waals surface area contributed by atoms with Crippen LogP contribution in [0.25, 0.3) is 0 Å². The van der Waals surface area contributed by atoms with Crippen LogP contribution in [0.3, 0.4) is 0 Å². The summed E-state index contributed by atoms with van der Waals surface area (Å²) in [5.41, 5.74) is 6.24. The van der Waals surface area contributed by atoms with Crippen LogP contribution < -0.4 is 5.43 Å². The van der Waals surface area contributed by atoms with E-state index in [1.54, 1.807) is 12.4 Å². The molecule has 0 spiro atoms. The molecule has 4 nitrogen and oxygen atoms in total. The molecule has 0 fully saturated rings. The molecule has 0 atom stereocenters. The van der Waals surface area contributed by atoms with Crippen LogP contribution in [0.1, 0.15) is 37.8 Å². The standard InChI is InChI=1S/C16H19BrN4/c1-3-4-5-13-6-8-14(9-7-13)12(2)20-21-16-18-10-15(17)11-19-16/h6-11H,3-5H2,1-2H3,(H,18,19,21)/b20-12-. The molecule has 0 amide bonds. The molecule has 1 aromatic heterocycles. The van der Waals surface area contributed by atoms with Gasteiger partial charge in [-0.15, -0.1) is 0 Å². The Kier molecular flexibility index (Phi) is 5.87. The predicted molar refractivity (Wildman–Crippen MR) is 90.6 cm³/mol. The predicted octanol–water partition coefficient (Wildman–Crippen LogP) is 4.42. The van der Waals surface area contributed by atoms with Crippen LogP contribution in [0, 0.1) is 0 Å². The van der Waals surface area contributed by atoms with E-state index in [-0.39, 0.29) is 0 Å². The zero-order valence-electron chi connectivity index (χ0n) is 12.3. The Bertz CT molecular complexity index is 591. The van der Waals surface area contributed by atoms with Gasteiger partial charge in [0, 0.05) is 12.4 Å². The molecular weight excluding hydrogens is 328 g/mol. The number of anilines is 1.